The van der Waals surface area contributed by atoms with Crippen molar-refractivity contribution in [3.05, 3.63) is 53.2 Å². The molecular formula is C16H18N2O4. The number of oxazole rings is 1. The number of hydrogen-bond acceptors (Lipinski definition) is 4. The molecule has 0 fully saturated rings. The van der Waals surface area contributed by atoms with Crippen LogP contribution in [0.25, 0.3) is 0 Å². The number of amides is 1. The molecule has 0 saturated carbocycles. The third-order valence-electron chi connectivity index (χ3n) is 3.55. The fourth-order valence-corrected chi connectivity index (χ4v) is 2.17. The number of nitrogens with one attached hydrogen (secondary N) is 1. The van der Waals surface area contributed by atoms with Crippen LogP contribution in [0.5, 0.6) is 0 Å². The maximum atomic E-state index is 11.9. The monoisotopic (exact) mass is 302 g/mol. The molecule has 6 heteroatoms. The predicted octanol–water partition coefficient (Wildman–Crippen LogP) is 1.96. The van der Waals surface area contributed by atoms with E-state index in [0.717, 1.165) is 11.1 Å². The number of carboxylic acid groups (broad SMARTS) is 1. The predicted molar refractivity (Wildman–Crippen MR) is 79.6 cm³/mol. The molecule has 1 aromatic heterocycles. The van der Waals surface area contributed by atoms with E-state index in [-0.39, 0.29) is 12.2 Å². The highest BCUT2D eigenvalue weighted by molar-refractivity contribution is 5.93. The lowest BCUT2D eigenvalue weighted by atomic mass is 9.96. The molecule has 0 aliphatic carbocycles. The molecular weight excluding hydrogens is 284 g/mol. The second kappa shape index (κ2) is 6.89. The van der Waals surface area contributed by atoms with Gasteiger partial charge in [0.15, 0.2) is 12.1 Å². The lowest BCUT2D eigenvalue weighted by Crippen LogP contribution is -2.34. The Morgan fingerprint density at radius 3 is 2.64 bits per heavy atom. The van der Waals surface area contributed by atoms with Crippen LogP contribution in [0, 0.1) is 19.8 Å². The summed E-state index contributed by atoms with van der Waals surface area (Å²) in [6.07, 6.45) is 1.55. The highest BCUT2D eigenvalue weighted by atomic mass is 16.4. The molecule has 0 aliphatic rings. The Hall–Kier alpha value is -2.63. The van der Waals surface area contributed by atoms with Crippen LogP contribution in [0.3, 0.4) is 0 Å². The molecule has 2 aromatic rings. The topological polar surface area (TPSA) is 92.4 Å². The summed E-state index contributed by atoms with van der Waals surface area (Å²) in [7, 11) is 0. The average Bonchev–Trinajstić information content (AvgIpc) is 2.91. The van der Waals surface area contributed by atoms with Crippen LogP contribution in [0.4, 0.5) is 0 Å². The Bertz CT molecular complexity index is 678. The Labute approximate surface area is 128 Å². The van der Waals surface area contributed by atoms with Crippen molar-refractivity contribution in [1.29, 1.82) is 0 Å². The van der Waals surface area contributed by atoms with Gasteiger partial charge in [-0.1, -0.05) is 24.3 Å². The van der Waals surface area contributed by atoms with Gasteiger partial charge in [-0.05, 0) is 31.4 Å². The van der Waals surface area contributed by atoms with Crippen LogP contribution >= 0.6 is 0 Å². The number of rotatable bonds is 6. The molecule has 1 amide bonds. The van der Waals surface area contributed by atoms with Gasteiger partial charge in [-0.2, -0.15) is 0 Å². The first-order valence-corrected chi connectivity index (χ1v) is 6.94. The quantitative estimate of drug-likeness (QED) is 0.851. The number of carboxylic acids is 1. The molecule has 0 radical (unpaired) electrons. The van der Waals surface area contributed by atoms with Gasteiger partial charge in [0.2, 0.25) is 0 Å². The SMILES string of the molecule is Cc1ccccc1CC(CNC(=O)c1ncoc1C)C(=O)O. The molecule has 2 rings (SSSR count). The highest BCUT2D eigenvalue weighted by Crippen LogP contribution is 2.13. The molecule has 1 unspecified atom stereocenters. The van der Waals surface area contributed by atoms with Gasteiger partial charge < -0.3 is 14.8 Å². The summed E-state index contributed by atoms with van der Waals surface area (Å²) in [5.41, 5.74) is 2.18. The van der Waals surface area contributed by atoms with E-state index >= 15 is 0 Å². The second-order valence-corrected chi connectivity index (χ2v) is 5.13. The van der Waals surface area contributed by atoms with Crippen molar-refractivity contribution in [2.24, 2.45) is 5.92 Å². The molecule has 0 spiro atoms. The molecule has 116 valence electrons. The standard InChI is InChI=1S/C16H18N2O4/c1-10-5-3-4-6-12(10)7-13(16(20)21)8-17-15(19)14-11(2)22-9-18-14/h3-6,9,13H,7-8H2,1-2H3,(H,17,19)(H,20,21). The van der Waals surface area contributed by atoms with Crippen LogP contribution < -0.4 is 5.32 Å². The minimum Gasteiger partial charge on any atom is -0.481 e. The summed E-state index contributed by atoms with van der Waals surface area (Å²) in [4.78, 5) is 27.2. The summed E-state index contributed by atoms with van der Waals surface area (Å²) < 4.78 is 4.96. The maximum Gasteiger partial charge on any atom is 0.308 e. The summed E-state index contributed by atoms with van der Waals surface area (Å²) >= 11 is 0. The Morgan fingerprint density at radius 2 is 2.05 bits per heavy atom. The van der Waals surface area contributed by atoms with Gasteiger partial charge in [0.1, 0.15) is 5.76 Å². The Balaban J connectivity index is 2.01. The molecule has 1 atom stereocenters. The summed E-state index contributed by atoms with van der Waals surface area (Å²) in [5, 5.41) is 11.9. The van der Waals surface area contributed by atoms with E-state index in [1.165, 1.54) is 6.39 Å². The molecule has 0 aliphatic heterocycles. The summed E-state index contributed by atoms with van der Waals surface area (Å²) in [6.45, 7) is 3.60. The Morgan fingerprint density at radius 1 is 1.32 bits per heavy atom. The van der Waals surface area contributed by atoms with Gasteiger partial charge in [0.05, 0.1) is 5.92 Å². The van der Waals surface area contributed by atoms with Crippen LogP contribution in [-0.4, -0.2) is 28.5 Å². The number of aliphatic carboxylic acids is 1. The van der Waals surface area contributed by atoms with Crippen molar-refractivity contribution in [3.63, 3.8) is 0 Å². The highest BCUT2D eigenvalue weighted by Gasteiger charge is 2.21. The molecule has 0 bridgehead atoms. The number of carbonyl (C=O) groups excluding carboxylic acids is 1. The second-order valence-electron chi connectivity index (χ2n) is 5.13. The zero-order valence-corrected chi connectivity index (χ0v) is 12.5. The van der Waals surface area contributed by atoms with E-state index in [9.17, 15) is 14.7 Å². The molecule has 22 heavy (non-hydrogen) atoms. The average molecular weight is 302 g/mol. The van der Waals surface area contributed by atoms with Crippen LogP contribution in [0.1, 0.15) is 27.4 Å². The largest absolute Gasteiger partial charge is 0.481 e. The van der Waals surface area contributed by atoms with Gasteiger partial charge in [0, 0.05) is 6.54 Å². The first kappa shape index (κ1) is 15.8. The van der Waals surface area contributed by atoms with Crippen LogP contribution in [0.2, 0.25) is 0 Å². The first-order chi connectivity index (χ1) is 10.5. The number of aryl methyl sites for hydroxylation is 2. The number of nitrogens with zero attached hydrogens (tertiary/aromatic N) is 1. The molecule has 0 saturated heterocycles. The van der Waals surface area contributed by atoms with Gasteiger partial charge in [-0.15, -0.1) is 0 Å². The normalized spacial score (nSPS) is 11.9. The summed E-state index contributed by atoms with van der Waals surface area (Å²) in [5.74, 6) is -1.66. The lowest BCUT2D eigenvalue weighted by Gasteiger charge is -2.14. The third kappa shape index (κ3) is 3.72. The molecule has 1 heterocycles. The van der Waals surface area contributed by atoms with Crippen molar-refractivity contribution in [3.8, 4) is 0 Å². The van der Waals surface area contributed by atoms with Gasteiger partial charge >= 0.3 is 5.97 Å². The van der Waals surface area contributed by atoms with Crippen molar-refractivity contribution in [1.82, 2.24) is 10.3 Å². The van der Waals surface area contributed by atoms with E-state index in [1.54, 1.807) is 6.92 Å². The van der Waals surface area contributed by atoms with Crippen molar-refractivity contribution < 1.29 is 19.1 Å². The van der Waals surface area contributed by atoms with Gasteiger partial charge in [0.25, 0.3) is 5.91 Å². The first-order valence-electron chi connectivity index (χ1n) is 6.94. The van der Waals surface area contributed by atoms with Crippen LogP contribution in [0.15, 0.2) is 35.1 Å². The maximum absolute atomic E-state index is 11.9. The smallest absolute Gasteiger partial charge is 0.308 e. The van der Waals surface area contributed by atoms with E-state index in [2.05, 4.69) is 10.3 Å². The van der Waals surface area contributed by atoms with Crippen molar-refractivity contribution >= 4 is 11.9 Å². The molecule has 2 N–H and O–H groups in total. The molecule has 1 aromatic carbocycles. The fraction of sp³-hybridized carbons (Fsp3) is 0.312. The Kier molecular flexibility index (Phi) is 4.93. The van der Waals surface area contributed by atoms with E-state index in [0.29, 0.717) is 12.2 Å². The van der Waals surface area contributed by atoms with Crippen molar-refractivity contribution in [2.45, 2.75) is 20.3 Å². The van der Waals surface area contributed by atoms with Crippen molar-refractivity contribution in [2.75, 3.05) is 6.54 Å². The number of hydrogen-bond donors (Lipinski definition) is 2. The summed E-state index contributed by atoms with van der Waals surface area (Å²) in [6, 6.07) is 7.61. The molecule has 6 nitrogen and oxygen atoms in total. The minimum absolute atomic E-state index is 0.0365. The number of carbonyl (C=O) groups is 2. The van der Waals surface area contributed by atoms with E-state index < -0.39 is 17.8 Å². The fourth-order valence-electron chi connectivity index (χ4n) is 2.17. The van der Waals surface area contributed by atoms with Gasteiger partial charge in [-0.25, -0.2) is 4.98 Å². The van der Waals surface area contributed by atoms with Crippen LogP contribution in [-0.2, 0) is 11.2 Å². The zero-order chi connectivity index (χ0) is 16.1. The van der Waals surface area contributed by atoms with E-state index in [1.807, 2.05) is 31.2 Å². The van der Waals surface area contributed by atoms with Gasteiger partial charge in [-0.3, -0.25) is 9.59 Å². The number of benzene rings is 1. The third-order valence-corrected chi connectivity index (χ3v) is 3.55. The van der Waals surface area contributed by atoms with E-state index in [4.69, 9.17) is 4.42 Å². The minimum atomic E-state index is -0.944. The lowest BCUT2D eigenvalue weighted by molar-refractivity contribution is -0.141. The number of aromatic nitrogens is 1. The zero-order valence-electron chi connectivity index (χ0n) is 12.5.